The molecule has 0 bridgehead atoms. The van der Waals surface area contributed by atoms with Crippen LogP contribution < -0.4 is 4.74 Å². The summed E-state index contributed by atoms with van der Waals surface area (Å²) in [4.78, 5) is 2.42. The van der Waals surface area contributed by atoms with Gasteiger partial charge in [0.2, 0.25) is 0 Å². The highest BCUT2D eigenvalue weighted by molar-refractivity contribution is 5.45. The quantitative estimate of drug-likeness (QED) is 0.741. The zero-order chi connectivity index (χ0) is 13.4. The van der Waals surface area contributed by atoms with Gasteiger partial charge < -0.3 is 4.74 Å². The molecule has 3 heteroatoms. The van der Waals surface area contributed by atoms with E-state index >= 15 is 0 Å². The summed E-state index contributed by atoms with van der Waals surface area (Å²) in [6, 6.07) is 8.03. The summed E-state index contributed by atoms with van der Waals surface area (Å²) in [6.07, 6.45) is 2.31. The molecular weight excluding hydrogens is 224 g/mol. The standard InChI is InChI=1S/C15H22N2O/c1-4-8-17(9-5-2)12-13-6-7-15(18-3)14(10-13)11-16/h6-7,10H,4-5,8-9,12H2,1-3H3. The minimum Gasteiger partial charge on any atom is -0.495 e. The molecule has 0 fully saturated rings. The fraction of sp³-hybridized carbons (Fsp3) is 0.533. The molecule has 0 amide bonds. The zero-order valence-electron chi connectivity index (χ0n) is 11.6. The molecule has 0 spiro atoms. The first kappa shape index (κ1) is 14.5. The number of nitriles is 1. The molecule has 0 aliphatic carbocycles. The lowest BCUT2D eigenvalue weighted by Crippen LogP contribution is -2.24. The Morgan fingerprint density at radius 2 is 1.89 bits per heavy atom. The van der Waals surface area contributed by atoms with Gasteiger partial charge in [0.1, 0.15) is 11.8 Å². The highest BCUT2D eigenvalue weighted by Crippen LogP contribution is 2.19. The first-order valence-electron chi connectivity index (χ1n) is 6.54. The molecule has 0 N–H and O–H groups in total. The van der Waals surface area contributed by atoms with Gasteiger partial charge in [0.25, 0.3) is 0 Å². The summed E-state index contributed by atoms with van der Waals surface area (Å²) in [5.41, 5.74) is 1.79. The van der Waals surface area contributed by atoms with E-state index in [2.05, 4.69) is 24.8 Å². The van der Waals surface area contributed by atoms with Gasteiger partial charge in [-0.15, -0.1) is 0 Å². The Hall–Kier alpha value is -1.53. The molecule has 0 saturated heterocycles. The van der Waals surface area contributed by atoms with Crippen LogP contribution in [0.2, 0.25) is 0 Å². The van der Waals surface area contributed by atoms with E-state index in [0.29, 0.717) is 11.3 Å². The van der Waals surface area contributed by atoms with Gasteiger partial charge in [-0.05, 0) is 43.6 Å². The molecule has 0 atom stereocenters. The van der Waals surface area contributed by atoms with Crippen LogP contribution in [0.1, 0.15) is 37.8 Å². The molecule has 3 nitrogen and oxygen atoms in total. The zero-order valence-corrected chi connectivity index (χ0v) is 11.6. The number of benzene rings is 1. The molecule has 1 aromatic rings. The maximum absolute atomic E-state index is 9.07. The van der Waals surface area contributed by atoms with Crippen molar-refractivity contribution in [2.45, 2.75) is 33.2 Å². The van der Waals surface area contributed by atoms with Crippen molar-refractivity contribution in [3.05, 3.63) is 29.3 Å². The molecule has 0 unspecified atom stereocenters. The number of ether oxygens (including phenoxy) is 1. The van der Waals surface area contributed by atoms with E-state index in [1.54, 1.807) is 7.11 Å². The molecule has 1 rings (SSSR count). The molecule has 1 aromatic carbocycles. The van der Waals surface area contributed by atoms with Crippen LogP contribution in [0.25, 0.3) is 0 Å². The first-order chi connectivity index (χ1) is 8.74. The Morgan fingerprint density at radius 1 is 1.22 bits per heavy atom. The lowest BCUT2D eigenvalue weighted by molar-refractivity contribution is 0.266. The van der Waals surface area contributed by atoms with Crippen LogP contribution in [0.5, 0.6) is 5.75 Å². The van der Waals surface area contributed by atoms with E-state index in [9.17, 15) is 0 Å². The second kappa shape index (κ2) is 7.73. The molecule has 0 heterocycles. The monoisotopic (exact) mass is 246 g/mol. The van der Waals surface area contributed by atoms with Gasteiger partial charge in [-0.2, -0.15) is 5.26 Å². The van der Waals surface area contributed by atoms with Crippen LogP contribution >= 0.6 is 0 Å². The van der Waals surface area contributed by atoms with Gasteiger partial charge in [0.15, 0.2) is 0 Å². The molecule has 0 aliphatic heterocycles. The molecule has 0 saturated carbocycles. The number of rotatable bonds is 7. The third kappa shape index (κ3) is 4.05. The van der Waals surface area contributed by atoms with Crippen LogP contribution in [-0.2, 0) is 6.54 Å². The minimum atomic E-state index is 0.614. The van der Waals surface area contributed by atoms with Crippen LogP contribution in [-0.4, -0.2) is 25.1 Å². The Bertz CT molecular complexity index is 403. The Morgan fingerprint density at radius 3 is 2.39 bits per heavy atom. The van der Waals surface area contributed by atoms with Gasteiger partial charge in [-0.1, -0.05) is 19.9 Å². The van der Waals surface area contributed by atoms with Crippen molar-refractivity contribution in [2.75, 3.05) is 20.2 Å². The SMILES string of the molecule is CCCN(CCC)Cc1ccc(OC)c(C#N)c1. The Balaban J connectivity index is 2.80. The third-order valence-corrected chi connectivity index (χ3v) is 2.87. The number of nitrogens with zero attached hydrogens (tertiary/aromatic N) is 2. The fourth-order valence-electron chi connectivity index (χ4n) is 2.10. The molecule has 18 heavy (non-hydrogen) atoms. The fourth-order valence-corrected chi connectivity index (χ4v) is 2.10. The van der Waals surface area contributed by atoms with Crippen molar-refractivity contribution in [2.24, 2.45) is 0 Å². The summed E-state index contributed by atoms with van der Waals surface area (Å²) in [7, 11) is 1.59. The van der Waals surface area contributed by atoms with Crippen molar-refractivity contribution in [3.8, 4) is 11.8 Å². The van der Waals surface area contributed by atoms with Gasteiger partial charge in [-0.3, -0.25) is 4.90 Å². The van der Waals surface area contributed by atoms with Crippen LogP contribution in [0.3, 0.4) is 0 Å². The van der Waals surface area contributed by atoms with Crippen molar-refractivity contribution in [3.63, 3.8) is 0 Å². The van der Waals surface area contributed by atoms with E-state index < -0.39 is 0 Å². The van der Waals surface area contributed by atoms with Crippen molar-refractivity contribution < 1.29 is 4.74 Å². The summed E-state index contributed by atoms with van der Waals surface area (Å²) < 4.78 is 5.16. The highest BCUT2D eigenvalue weighted by Gasteiger charge is 2.07. The van der Waals surface area contributed by atoms with Crippen molar-refractivity contribution in [1.82, 2.24) is 4.90 Å². The average Bonchev–Trinajstić information content (AvgIpc) is 2.39. The summed E-state index contributed by atoms with van der Waals surface area (Å²) in [5.74, 6) is 0.652. The Kier molecular flexibility index (Phi) is 6.24. The second-order valence-electron chi connectivity index (χ2n) is 4.42. The second-order valence-corrected chi connectivity index (χ2v) is 4.42. The van der Waals surface area contributed by atoms with E-state index in [1.165, 1.54) is 5.56 Å². The molecule has 98 valence electrons. The smallest absolute Gasteiger partial charge is 0.136 e. The van der Waals surface area contributed by atoms with E-state index in [-0.39, 0.29) is 0 Å². The minimum absolute atomic E-state index is 0.614. The summed E-state index contributed by atoms with van der Waals surface area (Å²) in [6.45, 7) is 7.48. The maximum Gasteiger partial charge on any atom is 0.136 e. The van der Waals surface area contributed by atoms with Crippen LogP contribution in [0, 0.1) is 11.3 Å². The number of hydrogen-bond donors (Lipinski definition) is 0. The van der Waals surface area contributed by atoms with Gasteiger partial charge in [-0.25, -0.2) is 0 Å². The predicted molar refractivity (Wildman–Crippen MR) is 73.6 cm³/mol. The lowest BCUT2D eigenvalue weighted by atomic mass is 10.1. The largest absolute Gasteiger partial charge is 0.495 e. The van der Waals surface area contributed by atoms with Gasteiger partial charge in [0.05, 0.1) is 12.7 Å². The number of methoxy groups -OCH3 is 1. The highest BCUT2D eigenvalue weighted by atomic mass is 16.5. The first-order valence-corrected chi connectivity index (χ1v) is 6.54. The van der Waals surface area contributed by atoms with Crippen LogP contribution in [0.4, 0.5) is 0 Å². The van der Waals surface area contributed by atoms with E-state index in [0.717, 1.165) is 32.5 Å². The van der Waals surface area contributed by atoms with E-state index in [4.69, 9.17) is 10.00 Å². The van der Waals surface area contributed by atoms with Crippen molar-refractivity contribution >= 4 is 0 Å². The third-order valence-electron chi connectivity index (χ3n) is 2.87. The summed E-state index contributed by atoms with van der Waals surface area (Å²) >= 11 is 0. The maximum atomic E-state index is 9.07. The Labute approximate surface area is 110 Å². The van der Waals surface area contributed by atoms with Crippen molar-refractivity contribution in [1.29, 1.82) is 5.26 Å². The predicted octanol–water partition coefficient (Wildman–Crippen LogP) is 3.19. The average molecular weight is 246 g/mol. The lowest BCUT2D eigenvalue weighted by Gasteiger charge is -2.21. The summed E-state index contributed by atoms with van der Waals surface area (Å²) in [5, 5.41) is 9.07. The molecular formula is C15H22N2O. The van der Waals surface area contributed by atoms with E-state index in [1.807, 2.05) is 18.2 Å². The topological polar surface area (TPSA) is 36.3 Å². The van der Waals surface area contributed by atoms with Crippen LogP contribution in [0.15, 0.2) is 18.2 Å². The van der Waals surface area contributed by atoms with Gasteiger partial charge in [0, 0.05) is 6.54 Å². The van der Waals surface area contributed by atoms with Gasteiger partial charge >= 0.3 is 0 Å². The molecule has 0 radical (unpaired) electrons. The normalized spacial score (nSPS) is 10.4. The molecule has 0 aliphatic rings. The molecule has 0 aromatic heterocycles. The number of hydrogen-bond acceptors (Lipinski definition) is 3.